The molecule has 2 atom stereocenters. The van der Waals surface area contributed by atoms with Crippen LogP contribution in [0.2, 0.25) is 0 Å². The minimum Gasteiger partial charge on any atom is -0.500 e. The molecule has 0 saturated heterocycles. The van der Waals surface area contributed by atoms with Gasteiger partial charge in [-0.15, -0.1) is 0 Å². The van der Waals surface area contributed by atoms with Gasteiger partial charge >= 0.3 is 0 Å². The fourth-order valence-electron chi connectivity index (χ4n) is 1.15. The number of hydrogen-bond donors (Lipinski definition) is 0. The first-order chi connectivity index (χ1) is 5.38. The summed E-state index contributed by atoms with van der Waals surface area (Å²) in [6, 6.07) is 0. The second kappa shape index (κ2) is 6.38. The van der Waals surface area contributed by atoms with Crippen LogP contribution in [-0.2, 0) is 29.6 Å². The third kappa shape index (κ3) is 4.03. The van der Waals surface area contributed by atoms with Gasteiger partial charge in [-0.3, -0.25) is 10.9 Å². The molecule has 12 heavy (non-hydrogen) atoms. The van der Waals surface area contributed by atoms with Crippen LogP contribution in [0.5, 0.6) is 0 Å². The molecule has 0 aromatic heterocycles. The summed E-state index contributed by atoms with van der Waals surface area (Å²) in [6.45, 7) is 2.66. The van der Waals surface area contributed by atoms with E-state index in [4.69, 9.17) is 0 Å². The zero-order valence-electron chi connectivity index (χ0n) is 7.08. The summed E-state index contributed by atoms with van der Waals surface area (Å²) in [4.78, 5) is 9.18. The fraction of sp³-hybridized carbons (Fsp3) is 0.667. The van der Waals surface area contributed by atoms with Crippen LogP contribution in [0.3, 0.4) is 0 Å². The van der Waals surface area contributed by atoms with Gasteiger partial charge in [0, 0.05) is 20.1 Å². The first kappa shape index (κ1) is 11.9. The normalized spacial score (nSPS) is 27.4. The molecule has 2 nitrogen and oxygen atoms in total. The molecule has 2 aliphatic carbocycles. The van der Waals surface area contributed by atoms with Crippen molar-refractivity contribution < 1.29 is 29.6 Å². The molecule has 1 fully saturated rings. The van der Waals surface area contributed by atoms with Gasteiger partial charge in [0.1, 0.15) is 0 Å². The molecule has 2 unspecified atom stereocenters. The van der Waals surface area contributed by atoms with Crippen molar-refractivity contribution in [2.75, 3.05) is 6.61 Å². The van der Waals surface area contributed by atoms with Gasteiger partial charge in [-0.1, -0.05) is 11.8 Å². The summed E-state index contributed by atoms with van der Waals surface area (Å²) in [5.74, 6) is 2.02. The number of allylic oxidation sites excluding steroid dienone is 2. The van der Waals surface area contributed by atoms with E-state index < -0.39 is 0 Å². The number of carbonyl (C=O) groups excluding carboxylic acids is 1. The van der Waals surface area contributed by atoms with E-state index in [9.17, 15) is 4.79 Å². The maximum absolute atomic E-state index is 9.18. The average Bonchev–Trinajstić information content (AvgIpc) is 2.62. The van der Waals surface area contributed by atoms with Crippen LogP contribution in [0.15, 0.2) is 6.08 Å². The van der Waals surface area contributed by atoms with Crippen molar-refractivity contribution in [1.29, 1.82) is 0 Å². The Labute approximate surface area is 86.7 Å². The van der Waals surface area contributed by atoms with Crippen molar-refractivity contribution >= 4 is 6.47 Å². The predicted molar refractivity (Wildman–Crippen MR) is 41.7 cm³/mol. The maximum Gasteiger partial charge on any atom is 0.293 e. The summed E-state index contributed by atoms with van der Waals surface area (Å²) in [5, 5.41) is 0. The third-order valence-corrected chi connectivity index (χ3v) is 1.92. The van der Waals surface area contributed by atoms with Gasteiger partial charge in [-0.2, -0.15) is 6.42 Å². The molecule has 71 valence electrons. The molecule has 0 bridgehead atoms. The Kier molecular flexibility index (Phi) is 6.31. The van der Waals surface area contributed by atoms with Crippen LogP contribution in [0.4, 0.5) is 0 Å². The Hall–Kier alpha value is -0.141. The molecular weight excluding hydrogens is 332 g/mol. The predicted octanol–water partition coefficient (Wildman–Crippen LogP) is 1.56. The molecule has 0 aromatic rings. The van der Waals surface area contributed by atoms with Gasteiger partial charge < -0.3 is 10.8 Å². The smallest absolute Gasteiger partial charge is 0.293 e. The first-order valence-corrected chi connectivity index (χ1v) is 4.00. The molecule has 1 saturated carbocycles. The van der Waals surface area contributed by atoms with Gasteiger partial charge in [-0.05, 0) is 13.3 Å². The van der Waals surface area contributed by atoms with Crippen molar-refractivity contribution in [1.82, 2.24) is 0 Å². The topological polar surface area (TPSA) is 26.3 Å². The molecule has 0 amide bonds. The summed E-state index contributed by atoms with van der Waals surface area (Å²) in [5.41, 5.74) is 0. The average molecular weight is 345 g/mol. The van der Waals surface area contributed by atoms with Crippen molar-refractivity contribution in [3.63, 3.8) is 0 Å². The van der Waals surface area contributed by atoms with Crippen LogP contribution in [0.25, 0.3) is 0 Å². The Balaban J connectivity index is 0.000000191. The SMILES string of the molecule is CCOC=O.[C-]1=CC2CC2C1.[Ir]. The van der Waals surface area contributed by atoms with E-state index in [0.717, 1.165) is 11.8 Å². The molecule has 3 heteroatoms. The summed E-state index contributed by atoms with van der Waals surface area (Å²) >= 11 is 0. The number of ether oxygens (including phenoxy) is 1. The molecule has 2 aliphatic rings. The van der Waals surface area contributed by atoms with Crippen molar-refractivity contribution in [3.8, 4) is 0 Å². The van der Waals surface area contributed by atoms with Gasteiger partial charge in [0.05, 0.1) is 6.61 Å². The number of carbonyl (C=O) groups is 1. The Morgan fingerprint density at radius 3 is 2.58 bits per heavy atom. The van der Waals surface area contributed by atoms with Crippen molar-refractivity contribution in [3.05, 3.63) is 12.2 Å². The Bertz CT molecular complexity index is 157. The van der Waals surface area contributed by atoms with Crippen LogP contribution < -0.4 is 0 Å². The Morgan fingerprint density at radius 2 is 2.50 bits per heavy atom. The first-order valence-electron chi connectivity index (χ1n) is 4.00. The molecule has 2 rings (SSSR count). The van der Waals surface area contributed by atoms with Gasteiger partial charge in [0.15, 0.2) is 0 Å². The van der Waals surface area contributed by atoms with E-state index in [1.54, 1.807) is 6.92 Å². The van der Waals surface area contributed by atoms with E-state index in [1.165, 1.54) is 12.8 Å². The summed E-state index contributed by atoms with van der Waals surface area (Å²) in [6.07, 6.45) is 8.14. The minimum absolute atomic E-state index is 0. The van der Waals surface area contributed by atoms with E-state index in [1.807, 2.05) is 0 Å². The molecule has 1 radical (unpaired) electrons. The van der Waals surface area contributed by atoms with E-state index >= 15 is 0 Å². The van der Waals surface area contributed by atoms with E-state index in [-0.39, 0.29) is 20.1 Å². The zero-order chi connectivity index (χ0) is 8.10. The third-order valence-electron chi connectivity index (χ3n) is 1.92. The van der Waals surface area contributed by atoms with Gasteiger partial charge in [0.25, 0.3) is 6.47 Å². The van der Waals surface area contributed by atoms with E-state index in [2.05, 4.69) is 16.9 Å². The monoisotopic (exact) mass is 346 g/mol. The van der Waals surface area contributed by atoms with Crippen LogP contribution in [-0.4, -0.2) is 13.1 Å². The second-order valence-corrected chi connectivity index (χ2v) is 2.79. The maximum atomic E-state index is 9.18. The minimum atomic E-state index is 0. The molecule has 0 N–H and O–H groups in total. The largest absolute Gasteiger partial charge is 0.500 e. The molecule has 0 spiro atoms. The standard InChI is InChI=1S/C6H7.C3H6O2.Ir/c1-2-5-4-6(5)3-1;1-2-5-3-4;/h2,5-6H,3-4H2;3H,2H2,1H3;/q-1;;. The molecule has 0 aromatic carbocycles. The van der Waals surface area contributed by atoms with Crippen LogP contribution >= 0.6 is 0 Å². The molecule has 0 heterocycles. The molecule has 0 aliphatic heterocycles. The summed E-state index contributed by atoms with van der Waals surface area (Å²) in [7, 11) is 0. The van der Waals surface area contributed by atoms with Crippen molar-refractivity contribution in [2.24, 2.45) is 11.8 Å². The van der Waals surface area contributed by atoms with E-state index in [0.29, 0.717) is 13.1 Å². The van der Waals surface area contributed by atoms with Crippen LogP contribution in [0, 0.1) is 17.9 Å². The number of hydrogen-bond acceptors (Lipinski definition) is 2. The quantitative estimate of drug-likeness (QED) is 0.561. The van der Waals surface area contributed by atoms with Crippen LogP contribution in [0.1, 0.15) is 19.8 Å². The fourth-order valence-corrected chi connectivity index (χ4v) is 1.15. The van der Waals surface area contributed by atoms with Gasteiger partial charge in [0.2, 0.25) is 0 Å². The second-order valence-electron chi connectivity index (χ2n) is 2.79. The zero-order valence-corrected chi connectivity index (χ0v) is 9.48. The summed E-state index contributed by atoms with van der Waals surface area (Å²) < 4.78 is 4.15. The number of fused-ring (bicyclic) bond motifs is 1. The van der Waals surface area contributed by atoms with Crippen molar-refractivity contribution in [2.45, 2.75) is 19.8 Å². The van der Waals surface area contributed by atoms with Gasteiger partial charge in [-0.25, -0.2) is 0 Å². The Morgan fingerprint density at radius 1 is 1.75 bits per heavy atom. The molecular formula is C9H13IrO2-. The number of rotatable bonds is 2.